The van der Waals surface area contributed by atoms with Crippen molar-refractivity contribution < 1.29 is 14.6 Å². The van der Waals surface area contributed by atoms with Gasteiger partial charge in [0.15, 0.2) is 0 Å². The molecule has 0 aliphatic rings. The lowest BCUT2D eigenvalue weighted by Crippen LogP contribution is -2.07. The maximum atomic E-state index is 9.74. The normalized spacial score (nSPS) is 10.3. The summed E-state index contributed by atoms with van der Waals surface area (Å²) >= 11 is 0. The maximum absolute atomic E-state index is 9.74. The second-order valence-corrected chi connectivity index (χ2v) is 6.69. The second kappa shape index (κ2) is 9.52. The van der Waals surface area contributed by atoms with Crippen LogP contribution in [0.2, 0.25) is 0 Å². The van der Waals surface area contributed by atoms with Gasteiger partial charge in [-0.1, -0.05) is 12.1 Å². The Labute approximate surface area is 185 Å². The third-order valence-corrected chi connectivity index (χ3v) is 4.41. The Hall–Kier alpha value is -4.53. The quantitative estimate of drug-likeness (QED) is 0.312. The van der Waals surface area contributed by atoms with E-state index in [4.69, 9.17) is 9.47 Å². The molecular weight excluding hydrogens is 408 g/mol. The molecule has 0 spiro atoms. The van der Waals surface area contributed by atoms with Crippen LogP contribution in [0.3, 0.4) is 0 Å². The molecule has 1 heterocycles. The van der Waals surface area contributed by atoms with E-state index in [2.05, 4.69) is 30.9 Å². The van der Waals surface area contributed by atoms with Crippen molar-refractivity contribution in [3.05, 3.63) is 72.8 Å². The minimum Gasteiger partial charge on any atom is -0.508 e. The fourth-order valence-electron chi connectivity index (χ4n) is 2.89. The zero-order chi connectivity index (χ0) is 22.3. The lowest BCUT2D eigenvalue weighted by molar-refractivity contribution is 0.415. The zero-order valence-electron chi connectivity index (χ0n) is 17.5. The van der Waals surface area contributed by atoms with Crippen LogP contribution in [-0.2, 0) is 0 Å². The highest BCUT2D eigenvalue weighted by Gasteiger charge is 2.09. The molecule has 0 fully saturated rings. The molecule has 162 valence electrons. The van der Waals surface area contributed by atoms with E-state index in [9.17, 15) is 5.11 Å². The lowest BCUT2D eigenvalue weighted by atomic mass is 10.3. The van der Waals surface area contributed by atoms with Gasteiger partial charge in [-0.15, -0.1) is 0 Å². The van der Waals surface area contributed by atoms with Crippen LogP contribution in [-0.4, -0.2) is 34.3 Å². The van der Waals surface area contributed by atoms with E-state index in [1.54, 1.807) is 38.5 Å². The number of rotatable bonds is 8. The van der Waals surface area contributed by atoms with Gasteiger partial charge in [0, 0.05) is 29.2 Å². The van der Waals surface area contributed by atoms with Crippen LogP contribution >= 0.6 is 0 Å². The Bertz CT molecular complexity index is 1200. The first-order valence-corrected chi connectivity index (χ1v) is 9.75. The number of phenols is 1. The number of aromatic hydroxyl groups is 1. The van der Waals surface area contributed by atoms with E-state index in [1.165, 1.54) is 0 Å². The number of methoxy groups -OCH3 is 2. The predicted molar refractivity (Wildman–Crippen MR) is 124 cm³/mol. The Kier molecular flexibility index (Phi) is 6.17. The molecular formula is C23H22N6O3. The first kappa shape index (κ1) is 20.7. The van der Waals surface area contributed by atoms with Gasteiger partial charge < -0.3 is 30.5 Å². The fourth-order valence-corrected chi connectivity index (χ4v) is 2.89. The molecule has 0 unspecified atom stereocenters. The third-order valence-electron chi connectivity index (χ3n) is 4.41. The van der Waals surface area contributed by atoms with E-state index in [1.807, 2.05) is 48.5 Å². The SMILES string of the molecule is COc1ccc(Nc2nc(Nc3cccc(O)c3)nc(Nc3cccc(OC)c3)n2)cc1. The van der Waals surface area contributed by atoms with Crippen LogP contribution in [0.15, 0.2) is 72.8 Å². The molecule has 0 amide bonds. The Morgan fingerprint density at radius 2 is 1.12 bits per heavy atom. The summed E-state index contributed by atoms with van der Waals surface area (Å²) in [4.78, 5) is 13.4. The summed E-state index contributed by atoms with van der Waals surface area (Å²) in [6, 6.07) is 21.5. The third kappa shape index (κ3) is 5.33. The molecule has 1 aromatic heterocycles. The number of nitrogens with one attached hydrogen (secondary N) is 3. The van der Waals surface area contributed by atoms with Gasteiger partial charge in [0.2, 0.25) is 17.8 Å². The molecule has 0 aliphatic heterocycles. The molecule has 0 radical (unpaired) electrons. The van der Waals surface area contributed by atoms with Crippen LogP contribution in [0.1, 0.15) is 0 Å². The minimum absolute atomic E-state index is 0.135. The fraction of sp³-hybridized carbons (Fsp3) is 0.0870. The summed E-state index contributed by atoms with van der Waals surface area (Å²) in [5, 5.41) is 19.2. The van der Waals surface area contributed by atoms with E-state index in [0.29, 0.717) is 29.3 Å². The number of hydrogen-bond donors (Lipinski definition) is 4. The minimum atomic E-state index is 0.135. The van der Waals surface area contributed by atoms with E-state index in [-0.39, 0.29) is 5.75 Å². The molecule has 4 rings (SSSR count). The number of phenolic OH excluding ortho intramolecular Hbond substituents is 1. The summed E-state index contributed by atoms with van der Waals surface area (Å²) in [6.45, 7) is 0. The van der Waals surface area contributed by atoms with Gasteiger partial charge in [-0.25, -0.2) is 0 Å². The molecule has 9 heteroatoms. The highest BCUT2D eigenvalue weighted by molar-refractivity contribution is 5.63. The van der Waals surface area contributed by atoms with Crippen molar-refractivity contribution in [2.24, 2.45) is 0 Å². The molecule has 3 aromatic carbocycles. The highest BCUT2D eigenvalue weighted by atomic mass is 16.5. The monoisotopic (exact) mass is 430 g/mol. The van der Waals surface area contributed by atoms with Crippen molar-refractivity contribution in [2.45, 2.75) is 0 Å². The van der Waals surface area contributed by atoms with Crippen molar-refractivity contribution in [1.82, 2.24) is 15.0 Å². The Morgan fingerprint density at radius 1 is 0.594 bits per heavy atom. The van der Waals surface area contributed by atoms with Gasteiger partial charge in [0.1, 0.15) is 17.2 Å². The van der Waals surface area contributed by atoms with Gasteiger partial charge in [-0.3, -0.25) is 0 Å². The van der Waals surface area contributed by atoms with Crippen molar-refractivity contribution in [1.29, 1.82) is 0 Å². The average Bonchev–Trinajstić information content (AvgIpc) is 2.79. The van der Waals surface area contributed by atoms with Gasteiger partial charge in [-0.05, 0) is 48.5 Å². The van der Waals surface area contributed by atoms with Crippen LogP contribution in [0, 0.1) is 0 Å². The van der Waals surface area contributed by atoms with Crippen molar-refractivity contribution in [2.75, 3.05) is 30.2 Å². The largest absolute Gasteiger partial charge is 0.508 e. The molecule has 4 N–H and O–H groups in total. The summed E-state index contributed by atoms with van der Waals surface area (Å²) in [5.74, 6) is 2.55. The highest BCUT2D eigenvalue weighted by Crippen LogP contribution is 2.24. The number of nitrogens with zero attached hydrogens (tertiary/aromatic N) is 3. The van der Waals surface area contributed by atoms with Crippen LogP contribution in [0.4, 0.5) is 34.9 Å². The molecule has 32 heavy (non-hydrogen) atoms. The maximum Gasteiger partial charge on any atom is 0.233 e. The molecule has 0 aliphatic carbocycles. The molecule has 4 aromatic rings. The average molecular weight is 430 g/mol. The molecule has 9 nitrogen and oxygen atoms in total. The number of ether oxygens (including phenoxy) is 2. The van der Waals surface area contributed by atoms with E-state index in [0.717, 1.165) is 17.1 Å². The Morgan fingerprint density at radius 3 is 1.69 bits per heavy atom. The van der Waals surface area contributed by atoms with Crippen molar-refractivity contribution in [3.8, 4) is 17.2 Å². The second-order valence-electron chi connectivity index (χ2n) is 6.69. The number of anilines is 6. The van der Waals surface area contributed by atoms with Gasteiger partial charge >= 0.3 is 0 Å². The number of hydrogen-bond acceptors (Lipinski definition) is 9. The molecule has 0 saturated heterocycles. The van der Waals surface area contributed by atoms with Crippen LogP contribution < -0.4 is 25.4 Å². The first-order chi connectivity index (χ1) is 15.6. The van der Waals surface area contributed by atoms with E-state index >= 15 is 0 Å². The number of benzene rings is 3. The summed E-state index contributed by atoms with van der Waals surface area (Å²) in [5.41, 5.74) is 2.18. The molecule has 0 saturated carbocycles. The van der Waals surface area contributed by atoms with Gasteiger partial charge in [0.25, 0.3) is 0 Å². The van der Waals surface area contributed by atoms with Gasteiger partial charge in [0.05, 0.1) is 14.2 Å². The smallest absolute Gasteiger partial charge is 0.233 e. The lowest BCUT2D eigenvalue weighted by Gasteiger charge is -2.12. The summed E-state index contributed by atoms with van der Waals surface area (Å²) in [6.07, 6.45) is 0. The summed E-state index contributed by atoms with van der Waals surface area (Å²) < 4.78 is 10.5. The van der Waals surface area contributed by atoms with Crippen molar-refractivity contribution in [3.63, 3.8) is 0 Å². The van der Waals surface area contributed by atoms with Crippen molar-refractivity contribution >= 4 is 34.9 Å². The number of aromatic nitrogens is 3. The molecule has 0 atom stereocenters. The molecule has 0 bridgehead atoms. The summed E-state index contributed by atoms with van der Waals surface area (Å²) in [7, 11) is 3.22. The van der Waals surface area contributed by atoms with Gasteiger partial charge in [-0.2, -0.15) is 15.0 Å². The zero-order valence-corrected chi connectivity index (χ0v) is 17.5. The van der Waals surface area contributed by atoms with Crippen LogP contribution in [0.25, 0.3) is 0 Å². The standard InChI is InChI=1S/C23H22N6O3/c1-31-19-11-9-15(10-12-19)24-21-27-22(25-16-5-3-7-18(30)13-16)29-23(28-21)26-17-6-4-8-20(14-17)32-2/h3-14,30H,1-2H3,(H3,24,25,26,27,28,29). The van der Waals surface area contributed by atoms with Crippen LogP contribution in [0.5, 0.6) is 17.2 Å². The van der Waals surface area contributed by atoms with E-state index < -0.39 is 0 Å². The Balaban J connectivity index is 1.64. The topological polar surface area (TPSA) is 113 Å². The first-order valence-electron chi connectivity index (χ1n) is 9.75. The predicted octanol–water partition coefficient (Wildman–Crippen LogP) is 4.83.